The predicted molar refractivity (Wildman–Crippen MR) is 66.4 cm³/mol. The molecule has 2 rings (SSSR count). The van der Waals surface area contributed by atoms with E-state index in [1.54, 1.807) is 13.8 Å². The highest BCUT2D eigenvalue weighted by Gasteiger charge is 2.38. The van der Waals surface area contributed by atoms with Gasteiger partial charge in [0, 0.05) is 17.5 Å². The zero-order valence-corrected chi connectivity index (χ0v) is 10.7. The zero-order chi connectivity index (χ0) is 14.3. The van der Waals surface area contributed by atoms with Crippen LogP contribution in [0.2, 0.25) is 0 Å². The maximum absolute atomic E-state index is 9.81. The normalized spacial score (nSPS) is 25.3. The Morgan fingerprint density at radius 2 is 1.74 bits per heavy atom. The minimum absolute atomic E-state index is 0.204. The monoisotopic (exact) mass is 270 g/mol. The van der Waals surface area contributed by atoms with Crippen molar-refractivity contribution in [1.82, 2.24) is 0 Å². The van der Waals surface area contributed by atoms with Crippen molar-refractivity contribution in [1.29, 1.82) is 0 Å². The molecule has 1 aromatic carbocycles. The van der Waals surface area contributed by atoms with Gasteiger partial charge in [-0.05, 0) is 20.3 Å². The van der Waals surface area contributed by atoms with Gasteiger partial charge in [0.05, 0.1) is 12.2 Å². The average molecular weight is 270 g/mol. The molecular weight excluding hydrogens is 252 g/mol. The fourth-order valence-corrected chi connectivity index (χ4v) is 2.45. The molecule has 0 aromatic heterocycles. The van der Waals surface area contributed by atoms with E-state index in [1.165, 1.54) is 6.07 Å². The van der Waals surface area contributed by atoms with E-state index in [0.717, 1.165) is 0 Å². The van der Waals surface area contributed by atoms with E-state index >= 15 is 0 Å². The molecule has 1 aliphatic rings. The number of aliphatic hydroxyl groups is 2. The smallest absolute Gasteiger partial charge is 0.200 e. The second kappa shape index (κ2) is 4.79. The van der Waals surface area contributed by atoms with E-state index in [2.05, 4.69) is 0 Å². The molecule has 6 heteroatoms. The maximum Gasteiger partial charge on any atom is 0.200 e. The number of hydrogen-bond acceptors (Lipinski definition) is 6. The number of benzene rings is 1. The van der Waals surface area contributed by atoms with E-state index in [4.69, 9.17) is 4.74 Å². The van der Waals surface area contributed by atoms with Gasteiger partial charge in [-0.15, -0.1) is 0 Å². The molecule has 6 nitrogen and oxygen atoms in total. The molecule has 0 fully saturated rings. The molecule has 0 amide bonds. The van der Waals surface area contributed by atoms with Gasteiger partial charge in [-0.25, -0.2) is 0 Å². The second-order valence-corrected chi connectivity index (χ2v) is 5.00. The highest BCUT2D eigenvalue weighted by Crippen LogP contribution is 2.47. The molecule has 0 aliphatic carbocycles. The highest BCUT2D eigenvalue weighted by atomic mass is 16.5. The van der Waals surface area contributed by atoms with Crippen molar-refractivity contribution in [3.05, 3.63) is 11.6 Å². The van der Waals surface area contributed by atoms with Gasteiger partial charge in [-0.3, -0.25) is 0 Å². The Labute approximate surface area is 110 Å². The number of phenols is 3. The van der Waals surface area contributed by atoms with Crippen molar-refractivity contribution in [2.24, 2.45) is 5.92 Å². The van der Waals surface area contributed by atoms with Crippen LogP contribution in [0.15, 0.2) is 6.07 Å². The largest absolute Gasteiger partial charge is 0.504 e. The first kappa shape index (κ1) is 13.8. The number of phenolic OH excluding ortho intramolecular Hbond substituents is 3. The average Bonchev–Trinajstić information content (AvgIpc) is 2.34. The minimum Gasteiger partial charge on any atom is -0.504 e. The van der Waals surface area contributed by atoms with E-state index in [1.807, 2.05) is 0 Å². The first-order valence-electron chi connectivity index (χ1n) is 6.12. The number of hydrogen-bond donors (Lipinski definition) is 5. The van der Waals surface area contributed by atoms with Crippen LogP contribution in [0.1, 0.15) is 19.4 Å². The summed E-state index contributed by atoms with van der Waals surface area (Å²) >= 11 is 0. The lowest BCUT2D eigenvalue weighted by Crippen LogP contribution is -2.45. The number of rotatable bonds is 2. The summed E-state index contributed by atoms with van der Waals surface area (Å²) in [6.45, 7) is 3.12. The van der Waals surface area contributed by atoms with Gasteiger partial charge in [0.25, 0.3) is 0 Å². The third-order valence-electron chi connectivity index (χ3n) is 3.54. The molecule has 0 bridgehead atoms. The standard InChI is InChI=1S/C13H18O6/c1-5(14)7-3-8-10(19-13(7)6(2)15)4-9(16)12(18)11(8)17/h4-7,13-18H,3H2,1-2H3. The van der Waals surface area contributed by atoms with Crippen LogP contribution < -0.4 is 4.74 Å². The molecule has 1 heterocycles. The van der Waals surface area contributed by atoms with Gasteiger partial charge < -0.3 is 30.3 Å². The summed E-state index contributed by atoms with van der Waals surface area (Å²) in [4.78, 5) is 0. The van der Waals surface area contributed by atoms with Crippen molar-refractivity contribution in [2.75, 3.05) is 0 Å². The third kappa shape index (κ3) is 2.29. The third-order valence-corrected chi connectivity index (χ3v) is 3.54. The summed E-state index contributed by atoms with van der Waals surface area (Å²) in [6.07, 6.45) is -1.97. The number of aromatic hydroxyl groups is 3. The Bertz CT molecular complexity index is 483. The molecule has 0 saturated carbocycles. The quantitative estimate of drug-likeness (QED) is 0.500. The summed E-state index contributed by atoms with van der Waals surface area (Å²) in [5.74, 6) is -1.76. The molecule has 0 spiro atoms. The summed E-state index contributed by atoms with van der Waals surface area (Å²) in [7, 11) is 0. The van der Waals surface area contributed by atoms with Crippen molar-refractivity contribution in [3.63, 3.8) is 0 Å². The lowest BCUT2D eigenvalue weighted by atomic mass is 9.84. The van der Waals surface area contributed by atoms with Gasteiger partial charge in [0.15, 0.2) is 11.5 Å². The second-order valence-electron chi connectivity index (χ2n) is 5.00. The topological polar surface area (TPSA) is 110 Å². The molecule has 5 N–H and O–H groups in total. The summed E-state index contributed by atoms with van der Waals surface area (Å²) in [5, 5.41) is 48.2. The SMILES string of the molecule is CC(O)C1Cc2c(cc(O)c(O)c2O)OC1C(C)O. The molecule has 4 atom stereocenters. The van der Waals surface area contributed by atoms with E-state index < -0.39 is 41.5 Å². The first-order chi connectivity index (χ1) is 8.82. The fraction of sp³-hybridized carbons (Fsp3) is 0.538. The van der Waals surface area contributed by atoms with Crippen molar-refractivity contribution < 1.29 is 30.3 Å². The molecule has 4 unspecified atom stereocenters. The number of fused-ring (bicyclic) bond motifs is 1. The summed E-state index contributed by atoms with van der Waals surface area (Å²) in [6, 6.07) is 1.19. The Kier molecular flexibility index (Phi) is 3.47. The molecular formula is C13H18O6. The van der Waals surface area contributed by atoms with Gasteiger partial charge in [-0.1, -0.05) is 0 Å². The van der Waals surface area contributed by atoms with Gasteiger partial charge in [0.2, 0.25) is 5.75 Å². The van der Waals surface area contributed by atoms with E-state index in [-0.39, 0.29) is 12.2 Å². The van der Waals surface area contributed by atoms with E-state index in [0.29, 0.717) is 5.56 Å². The van der Waals surface area contributed by atoms with Crippen LogP contribution in [-0.2, 0) is 6.42 Å². The van der Waals surface area contributed by atoms with Crippen LogP contribution in [0.5, 0.6) is 23.0 Å². The first-order valence-corrected chi connectivity index (χ1v) is 6.12. The number of aliphatic hydroxyl groups excluding tert-OH is 2. The van der Waals surface area contributed by atoms with Crippen LogP contribution in [0.25, 0.3) is 0 Å². The maximum atomic E-state index is 9.81. The molecule has 106 valence electrons. The Balaban J connectivity index is 2.47. The Morgan fingerprint density at radius 1 is 1.11 bits per heavy atom. The van der Waals surface area contributed by atoms with Crippen LogP contribution in [0.4, 0.5) is 0 Å². The van der Waals surface area contributed by atoms with Gasteiger partial charge in [0.1, 0.15) is 11.9 Å². The van der Waals surface area contributed by atoms with Crippen molar-refractivity contribution in [2.45, 2.75) is 38.6 Å². The summed E-state index contributed by atoms with van der Waals surface area (Å²) in [5.41, 5.74) is 0.318. The molecule has 19 heavy (non-hydrogen) atoms. The number of ether oxygens (including phenoxy) is 1. The summed E-state index contributed by atoms with van der Waals surface area (Å²) < 4.78 is 5.54. The van der Waals surface area contributed by atoms with Gasteiger partial charge in [-0.2, -0.15) is 0 Å². The zero-order valence-electron chi connectivity index (χ0n) is 10.7. The van der Waals surface area contributed by atoms with Crippen molar-refractivity contribution in [3.8, 4) is 23.0 Å². The fourth-order valence-electron chi connectivity index (χ4n) is 2.45. The molecule has 1 aliphatic heterocycles. The molecule has 0 saturated heterocycles. The minimum atomic E-state index is -0.814. The Morgan fingerprint density at radius 3 is 2.26 bits per heavy atom. The predicted octanol–water partition coefficient (Wildman–Crippen LogP) is 0.485. The van der Waals surface area contributed by atoms with Crippen LogP contribution in [-0.4, -0.2) is 43.8 Å². The molecule has 0 radical (unpaired) electrons. The lowest BCUT2D eigenvalue weighted by molar-refractivity contribution is -0.0416. The lowest BCUT2D eigenvalue weighted by Gasteiger charge is -2.37. The van der Waals surface area contributed by atoms with Gasteiger partial charge >= 0.3 is 0 Å². The van der Waals surface area contributed by atoms with E-state index in [9.17, 15) is 25.5 Å². The van der Waals surface area contributed by atoms with Crippen molar-refractivity contribution >= 4 is 0 Å². The van der Waals surface area contributed by atoms with Crippen LogP contribution in [0.3, 0.4) is 0 Å². The molecule has 1 aromatic rings. The highest BCUT2D eigenvalue weighted by molar-refractivity contribution is 5.60. The Hall–Kier alpha value is -1.66. The van der Waals surface area contributed by atoms with Crippen LogP contribution >= 0.6 is 0 Å². The van der Waals surface area contributed by atoms with Crippen LogP contribution in [0, 0.1) is 5.92 Å².